The normalized spacial score (nSPS) is 16.6. The Morgan fingerprint density at radius 3 is 1.16 bits per heavy atom. The van der Waals surface area contributed by atoms with Crippen LogP contribution in [0, 0.1) is 0 Å². The number of carbonyl (C=O) groups excluding carboxylic acids is 2. The summed E-state index contributed by atoms with van der Waals surface area (Å²) < 4.78 is 134. The van der Waals surface area contributed by atoms with Crippen LogP contribution in [0.2, 0.25) is 0 Å². The lowest BCUT2D eigenvalue weighted by atomic mass is 10.1. The van der Waals surface area contributed by atoms with Crippen molar-refractivity contribution in [3.63, 3.8) is 0 Å². The fraction of sp³-hybridized carbons (Fsp3) is 0.400. The lowest BCUT2D eigenvalue weighted by molar-refractivity contribution is -0.382. The molecule has 0 aromatic carbocycles. The topological polar surface area (TPSA) is 88.5 Å². The highest BCUT2D eigenvalue weighted by Crippen LogP contribution is 2.54. The van der Waals surface area contributed by atoms with Gasteiger partial charge in [-0.2, -0.15) is 47.9 Å². The zero-order chi connectivity index (χ0) is 20.5. The SMILES string of the molecule is O=C1C=CC(=O)C=C1.O=S(=O)(O)C(F)(F)C(F)(F)C(F)(F)C(F)(F)F. The summed E-state index contributed by atoms with van der Waals surface area (Å²) in [5, 5.41) is -7.00. The van der Waals surface area contributed by atoms with E-state index in [0.29, 0.717) is 0 Å². The Balaban J connectivity index is 0.000000593. The average Bonchev–Trinajstić information content (AvgIpc) is 2.40. The van der Waals surface area contributed by atoms with Gasteiger partial charge in [0.05, 0.1) is 0 Å². The van der Waals surface area contributed by atoms with Gasteiger partial charge in [0.15, 0.2) is 11.6 Å². The van der Waals surface area contributed by atoms with Crippen LogP contribution in [0.15, 0.2) is 24.3 Å². The number of alkyl halides is 9. The van der Waals surface area contributed by atoms with Gasteiger partial charge in [-0.3, -0.25) is 14.1 Å². The fourth-order valence-electron chi connectivity index (χ4n) is 0.962. The van der Waals surface area contributed by atoms with Gasteiger partial charge in [-0.1, -0.05) is 0 Å². The highest BCUT2D eigenvalue weighted by molar-refractivity contribution is 7.87. The summed E-state index contributed by atoms with van der Waals surface area (Å²) in [6.45, 7) is 0. The minimum Gasteiger partial charge on any atom is -0.290 e. The zero-order valence-electron chi connectivity index (χ0n) is 11.2. The Kier molecular flexibility index (Phi) is 6.26. The minimum absolute atomic E-state index is 0.121. The number of allylic oxidation sites excluding steroid dienone is 4. The smallest absolute Gasteiger partial charge is 0.290 e. The Hall–Kier alpha value is -1.90. The van der Waals surface area contributed by atoms with E-state index >= 15 is 0 Å². The van der Waals surface area contributed by atoms with E-state index in [4.69, 9.17) is 4.55 Å². The van der Waals surface area contributed by atoms with Crippen LogP contribution in [0.25, 0.3) is 0 Å². The van der Waals surface area contributed by atoms with Crippen molar-refractivity contribution in [3.05, 3.63) is 24.3 Å². The molecule has 0 radical (unpaired) electrons. The van der Waals surface area contributed by atoms with Crippen molar-refractivity contribution in [2.24, 2.45) is 0 Å². The van der Waals surface area contributed by atoms with E-state index in [1.807, 2.05) is 0 Å². The summed E-state index contributed by atoms with van der Waals surface area (Å²) in [6.07, 6.45) is -2.13. The first-order valence-electron chi connectivity index (χ1n) is 5.40. The van der Waals surface area contributed by atoms with Gasteiger partial charge in [0.1, 0.15) is 0 Å². The number of hydrogen-bond donors (Lipinski definition) is 1. The van der Waals surface area contributed by atoms with Crippen LogP contribution in [0.3, 0.4) is 0 Å². The van der Waals surface area contributed by atoms with Crippen molar-refractivity contribution in [3.8, 4) is 0 Å². The molecule has 25 heavy (non-hydrogen) atoms. The maximum atomic E-state index is 12.2. The molecule has 15 heteroatoms. The molecule has 5 nitrogen and oxygen atoms in total. The van der Waals surface area contributed by atoms with E-state index in [9.17, 15) is 57.5 Å². The van der Waals surface area contributed by atoms with Crippen molar-refractivity contribution >= 4 is 21.7 Å². The van der Waals surface area contributed by atoms with Crippen molar-refractivity contribution in [1.29, 1.82) is 0 Å². The minimum atomic E-state index is -7.37. The summed E-state index contributed by atoms with van der Waals surface area (Å²) >= 11 is 0. The predicted octanol–water partition coefficient (Wildman–Crippen LogP) is 2.55. The molecule has 0 aromatic rings. The van der Waals surface area contributed by atoms with Crippen LogP contribution in [0.1, 0.15) is 0 Å². The molecule has 0 saturated carbocycles. The number of ketones is 2. The summed E-state index contributed by atoms with van der Waals surface area (Å²) in [4.78, 5) is 20.6. The van der Waals surface area contributed by atoms with Gasteiger partial charge in [0, 0.05) is 0 Å². The van der Waals surface area contributed by atoms with Gasteiger partial charge in [0.2, 0.25) is 0 Å². The molecule has 0 amide bonds. The molecule has 0 aromatic heterocycles. The lowest BCUT2D eigenvalue weighted by Gasteiger charge is -2.31. The first-order chi connectivity index (χ1) is 10.8. The number of halogens is 9. The summed E-state index contributed by atoms with van der Waals surface area (Å²) in [7, 11) is -7.17. The van der Waals surface area contributed by atoms with E-state index in [-0.39, 0.29) is 11.6 Å². The van der Waals surface area contributed by atoms with Crippen LogP contribution >= 0.6 is 0 Å². The molecular formula is C10H5F9O5S. The van der Waals surface area contributed by atoms with Gasteiger partial charge in [0.25, 0.3) is 0 Å². The van der Waals surface area contributed by atoms with Crippen LogP contribution in [0.4, 0.5) is 39.5 Å². The second-order valence-corrected chi connectivity index (χ2v) is 5.57. The Morgan fingerprint density at radius 1 is 0.680 bits per heavy atom. The largest absolute Gasteiger partial charge is 0.460 e. The maximum Gasteiger partial charge on any atom is 0.460 e. The molecule has 0 heterocycles. The van der Waals surface area contributed by atoms with Crippen molar-refractivity contribution < 1.29 is 62.1 Å². The lowest BCUT2D eigenvalue weighted by Crippen LogP contribution is -2.63. The van der Waals surface area contributed by atoms with Crippen molar-refractivity contribution in [2.75, 3.05) is 0 Å². The molecule has 1 aliphatic rings. The Labute approximate surface area is 132 Å². The molecule has 0 unspecified atom stereocenters. The van der Waals surface area contributed by atoms with E-state index < -0.39 is 33.4 Å². The van der Waals surface area contributed by atoms with Crippen molar-refractivity contribution in [1.82, 2.24) is 0 Å². The van der Waals surface area contributed by atoms with Crippen LogP contribution < -0.4 is 0 Å². The molecule has 0 saturated heterocycles. The molecule has 1 aliphatic carbocycles. The van der Waals surface area contributed by atoms with Gasteiger partial charge >= 0.3 is 33.4 Å². The average molecular weight is 408 g/mol. The third kappa shape index (κ3) is 4.59. The fourth-order valence-corrected chi connectivity index (χ4v) is 1.41. The highest BCUT2D eigenvalue weighted by atomic mass is 32.2. The van der Waals surface area contributed by atoms with E-state index in [0.717, 1.165) is 0 Å². The van der Waals surface area contributed by atoms with Gasteiger partial charge < -0.3 is 0 Å². The van der Waals surface area contributed by atoms with Crippen LogP contribution in [0.5, 0.6) is 0 Å². The summed E-state index contributed by atoms with van der Waals surface area (Å²) in [6, 6.07) is 0. The Bertz CT molecular complexity index is 665. The summed E-state index contributed by atoms with van der Waals surface area (Å²) in [5.74, 6) is -15.0. The summed E-state index contributed by atoms with van der Waals surface area (Å²) in [5.41, 5.74) is 0. The third-order valence-electron chi connectivity index (χ3n) is 2.26. The molecule has 144 valence electrons. The second-order valence-electron chi connectivity index (χ2n) is 4.11. The maximum absolute atomic E-state index is 12.2. The standard InChI is InChI=1S/C6H4O2.C4HF9O3S/c7-5-1-2-6(8)4-3-5;5-1(6,3(9,10)11)2(7,8)4(12,13)17(14,15)16/h1-4H;(H,14,15,16). The molecule has 0 atom stereocenters. The molecule has 0 aliphatic heterocycles. The van der Waals surface area contributed by atoms with Gasteiger partial charge in [-0.05, 0) is 24.3 Å². The third-order valence-corrected chi connectivity index (χ3v) is 3.17. The van der Waals surface area contributed by atoms with Gasteiger partial charge in [-0.25, -0.2) is 0 Å². The molecule has 0 fully saturated rings. The van der Waals surface area contributed by atoms with E-state index in [1.54, 1.807) is 0 Å². The van der Waals surface area contributed by atoms with Crippen molar-refractivity contribution in [2.45, 2.75) is 23.3 Å². The molecule has 0 bridgehead atoms. The predicted molar refractivity (Wildman–Crippen MR) is 60.7 cm³/mol. The number of carbonyl (C=O) groups is 2. The number of hydrogen-bond acceptors (Lipinski definition) is 4. The molecular weight excluding hydrogens is 403 g/mol. The molecule has 0 spiro atoms. The molecule has 1 N–H and O–H groups in total. The first-order valence-corrected chi connectivity index (χ1v) is 6.84. The quantitative estimate of drug-likeness (QED) is 0.441. The first kappa shape index (κ1) is 23.1. The Morgan fingerprint density at radius 2 is 0.960 bits per heavy atom. The van der Waals surface area contributed by atoms with E-state index in [2.05, 4.69) is 0 Å². The zero-order valence-corrected chi connectivity index (χ0v) is 12.0. The van der Waals surface area contributed by atoms with Crippen LogP contribution in [-0.4, -0.2) is 47.8 Å². The molecule has 1 rings (SSSR count). The monoisotopic (exact) mass is 408 g/mol. The highest BCUT2D eigenvalue weighted by Gasteiger charge is 2.85. The number of rotatable bonds is 3. The van der Waals surface area contributed by atoms with Crippen LogP contribution in [-0.2, 0) is 19.7 Å². The van der Waals surface area contributed by atoms with Gasteiger partial charge in [-0.15, -0.1) is 0 Å². The second kappa shape index (κ2) is 6.78. The van der Waals surface area contributed by atoms with E-state index in [1.165, 1.54) is 24.3 Å².